The van der Waals surface area contributed by atoms with Gasteiger partial charge in [0.1, 0.15) is 0 Å². The summed E-state index contributed by atoms with van der Waals surface area (Å²) in [6.07, 6.45) is 1.52. The van der Waals surface area contributed by atoms with E-state index >= 15 is 0 Å². The molecule has 112 valence electrons. The van der Waals surface area contributed by atoms with Gasteiger partial charge >= 0.3 is 11.9 Å². The zero-order chi connectivity index (χ0) is 15.8. The van der Waals surface area contributed by atoms with Gasteiger partial charge in [-0.3, -0.25) is 4.79 Å². The number of hydrogen-bond donors (Lipinski definition) is 0. The molecule has 0 aliphatic heterocycles. The van der Waals surface area contributed by atoms with Crippen LogP contribution in [0, 0.1) is 0 Å². The van der Waals surface area contributed by atoms with Crippen molar-refractivity contribution in [1.29, 1.82) is 0 Å². The van der Waals surface area contributed by atoms with E-state index in [0.29, 0.717) is 5.69 Å². The van der Waals surface area contributed by atoms with Gasteiger partial charge < -0.3 is 4.74 Å². The zero-order valence-electron chi connectivity index (χ0n) is 12.2. The minimum Gasteiger partial charge on any atom is -0.459 e. The summed E-state index contributed by atoms with van der Waals surface area (Å²) in [4.78, 5) is 23.9. The van der Waals surface area contributed by atoms with Gasteiger partial charge in [0, 0.05) is 0 Å². The van der Waals surface area contributed by atoms with Gasteiger partial charge in [-0.15, -0.1) is 0 Å². The highest BCUT2D eigenvalue weighted by Crippen LogP contribution is 2.14. The first-order valence-electron chi connectivity index (χ1n) is 6.87. The van der Waals surface area contributed by atoms with E-state index in [0.717, 1.165) is 10.6 Å². The molecule has 2 aromatic carbocycles. The normalized spacial score (nSPS) is 10.4. The Balaban J connectivity index is 2.28. The molecule has 0 fully saturated rings. The Morgan fingerprint density at radius 2 is 1.64 bits per heavy atom. The third-order valence-corrected chi connectivity index (χ3v) is 2.77. The molecule has 1 amide bonds. The average molecular weight is 296 g/mol. The molecule has 22 heavy (non-hydrogen) atoms. The second-order valence-electron chi connectivity index (χ2n) is 4.33. The number of carbonyl (C=O) groups is 2. The lowest BCUT2D eigenvalue weighted by atomic mass is 10.2. The van der Waals surface area contributed by atoms with Crippen LogP contribution in [-0.2, 0) is 14.3 Å². The number of carbonyl (C=O) groups excluding carboxylic acids is 2. The number of esters is 1. The largest absolute Gasteiger partial charge is 0.459 e. The van der Waals surface area contributed by atoms with E-state index in [1.54, 1.807) is 31.2 Å². The van der Waals surface area contributed by atoms with Gasteiger partial charge in [0.2, 0.25) is 0 Å². The van der Waals surface area contributed by atoms with Crippen LogP contribution < -0.4 is 5.01 Å². The third-order valence-electron chi connectivity index (χ3n) is 2.77. The number of benzene rings is 2. The average Bonchev–Trinajstić information content (AvgIpc) is 2.57. The number of hydrogen-bond acceptors (Lipinski definition) is 4. The summed E-state index contributed by atoms with van der Waals surface area (Å²) in [7, 11) is 0. The van der Waals surface area contributed by atoms with Crippen LogP contribution in [-0.4, -0.2) is 24.7 Å². The van der Waals surface area contributed by atoms with Gasteiger partial charge in [0.05, 0.1) is 18.5 Å². The number of anilines is 1. The first-order valence-corrected chi connectivity index (χ1v) is 6.87. The topological polar surface area (TPSA) is 59.0 Å². The van der Waals surface area contributed by atoms with Gasteiger partial charge in [-0.05, 0) is 24.6 Å². The third kappa shape index (κ3) is 4.02. The lowest BCUT2D eigenvalue weighted by Gasteiger charge is -2.15. The van der Waals surface area contributed by atoms with E-state index in [-0.39, 0.29) is 6.61 Å². The quantitative estimate of drug-likeness (QED) is 0.377. The van der Waals surface area contributed by atoms with Crippen molar-refractivity contribution in [2.24, 2.45) is 5.10 Å². The van der Waals surface area contributed by atoms with E-state index in [1.807, 2.05) is 36.4 Å². The van der Waals surface area contributed by atoms with Crippen LogP contribution in [0.1, 0.15) is 12.5 Å². The molecule has 0 bridgehead atoms. The van der Waals surface area contributed by atoms with Crippen LogP contribution in [0.2, 0.25) is 0 Å². The number of nitrogens with zero attached hydrogens (tertiary/aromatic N) is 2. The van der Waals surface area contributed by atoms with Crippen LogP contribution in [0.25, 0.3) is 0 Å². The standard InChI is InChI=1S/C17H16N2O3/c1-2-22-17(21)16(20)19(15-11-7-4-8-12-15)18-13-14-9-5-3-6-10-14/h3-13H,2H2,1H3. The number of hydrazone groups is 1. The van der Waals surface area contributed by atoms with E-state index in [2.05, 4.69) is 5.10 Å². The molecule has 0 aliphatic carbocycles. The minimum absolute atomic E-state index is 0.135. The predicted octanol–water partition coefficient (Wildman–Crippen LogP) is 2.62. The van der Waals surface area contributed by atoms with Crippen LogP contribution in [0.3, 0.4) is 0 Å². The van der Waals surface area contributed by atoms with Crippen molar-refractivity contribution < 1.29 is 14.3 Å². The molecule has 0 unspecified atom stereocenters. The van der Waals surface area contributed by atoms with Crippen LogP contribution in [0.15, 0.2) is 65.8 Å². The molecule has 0 aromatic heterocycles. The first-order chi connectivity index (χ1) is 10.7. The molecule has 0 aliphatic rings. The van der Waals surface area contributed by atoms with E-state index < -0.39 is 11.9 Å². The van der Waals surface area contributed by atoms with Crippen LogP contribution in [0.4, 0.5) is 5.69 Å². The summed E-state index contributed by atoms with van der Waals surface area (Å²) >= 11 is 0. The van der Waals surface area contributed by atoms with E-state index in [1.165, 1.54) is 6.21 Å². The molecule has 0 saturated heterocycles. The lowest BCUT2D eigenvalue weighted by molar-refractivity contribution is -0.153. The molecule has 0 heterocycles. The van der Waals surface area contributed by atoms with Crippen molar-refractivity contribution in [2.75, 3.05) is 11.6 Å². The van der Waals surface area contributed by atoms with Crippen LogP contribution in [0.5, 0.6) is 0 Å². The summed E-state index contributed by atoms with van der Waals surface area (Å²) in [5.74, 6) is -1.77. The van der Waals surface area contributed by atoms with Crippen molar-refractivity contribution in [2.45, 2.75) is 6.92 Å². The summed E-state index contributed by atoms with van der Waals surface area (Å²) in [6, 6.07) is 18.0. The van der Waals surface area contributed by atoms with Crippen molar-refractivity contribution in [3.05, 3.63) is 66.2 Å². The van der Waals surface area contributed by atoms with Crippen LogP contribution >= 0.6 is 0 Å². The summed E-state index contributed by atoms with van der Waals surface area (Å²) in [6.45, 7) is 1.78. The second-order valence-corrected chi connectivity index (χ2v) is 4.33. The first kappa shape index (κ1) is 15.4. The van der Waals surface area contributed by atoms with Crippen molar-refractivity contribution >= 4 is 23.8 Å². The maximum atomic E-state index is 12.2. The fourth-order valence-corrected chi connectivity index (χ4v) is 1.75. The molecule has 0 N–H and O–H groups in total. The molecule has 0 saturated carbocycles. The minimum atomic E-state index is -0.934. The lowest BCUT2D eigenvalue weighted by Crippen LogP contribution is -2.34. The highest BCUT2D eigenvalue weighted by molar-refractivity contribution is 6.38. The van der Waals surface area contributed by atoms with Gasteiger partial charge in [-0.1, -0.05) is 48.5 Å². The maximum absolute atomic E-state index is 12.2. The molecule has 0 spiro atoms. The molecule has 5 heteroatoms. The van der Waals surface area contributed by atoms with E-state index in [4.69, 9.17) is 4.74 Å². The Hall–Kier alpha value is -2.95. The van der Waals surface area contributed by atoms with Crippen molar-refractivity contribution in [3.63, 3.8) is 0 Å². The number of rotatable bonds is 4. The van der Waals surface area contributed by atoms with Gasteiger partial charge in [-0.25, -0.2) is 4.79 Å². The summed E-state index contributed by atoms with van der Waals surface area (Å²) in [5, 5.41) is 5.16. The molecular weight excluding hydrogens is 280 g/mol. The fourth-order valence-electron chi connectivity index (χ4n) is 1.75. The highest BCUT2D eigenvalue weighted by atomic mass is 16.5. The molecule has 0 atom stereocenters. The zero-order valence-corrected chi connectivity index (χ0v) is 12.2. The van der Waals surface area contributed by atoms with Gasteiger partial charge in [-0.2, -0.15) is 10.1 Å². The predicted molar refractivity (Wildman–Crippen MR) is 84.6 cm³/mol. The summed E-state index contributed by atoms with van der Waals surface area (Å²) in [5.41, 5.74) is 1.31. The van der Waals surface area contributed by atoms with Gasteiger partial charge in [0.25, 0.3) is 0 Å². The van der Waals surface area contributed by atoms with Crippen molar-refractivity contribution in [1.82, 2.24) is 0 Å². The molecular formula is C17H16N2O3. The number of amides is 1. The molecule has 0 radical (unpaired) electrons. The number of para-hydroxylation sites is 1. The second kappa shape index (κ2) is 7.73. The Morgan fingerprint density at radius 3 is 2.23 bits per heavy atom. The Morgan fingerprint density at radius 1 is 1.05 bits per heavy atom. The van der Waals surface area contributed by atoms with Gasteiger partial charge in [0.15, 0.2) is 0 Å². The van der Waals surface area contributed by atoms with E-state index in [9.17, 15) is 9.59 Å². The number of ether oxygens (including phenoxy) is 1. The SMILES string of the molecule is CCOC(=O)C(=O)N(N=Cc1ccccc1)c1ccccc1. The monoisotopic (exact) mass is 296 g/mol. The Bertz CT molecular complexity index is 654. The highest BCUT2D eigenvalue weighted by Gasteiger charge is 2.24. The molecule has 2 rings (SSSR count). The molecule has 2 aromatic rings. The maximum Gasteiger partial charge on any atom is 0.399 e. The Kier molecular flexibility index (Phi) is 5.43. The smallest absolute Gasteiger partial charge is 0.399 e. The van der Waals surface area contributed by atoms with Crippen molar-refractivity contribution in [3.8, 4) is 0 Å². The summed E-state index contributed by atoms with van der Waals surface area (Å²) < 4.78 is 4.75. The fraction of sp³-hybridized carbons (Fsp3) is 0.118. The Labute approximate surface area is 128 Å². The molecule has 5 nitrogen and oxygen atoms in total.